The van der Waals surface area contributed by atoms with Crippen LogP contribution in [0.1, 0.15) is 32.0 Å². The fourth-order valence-electron chi connectivity index (χ4n) is 2.99. The minimum absolute atomic E-state index is 0.194. The first kappa shape index (κ1) is 19.2. The van der Waals surface area contributed by atoms with Gasteiger partial charge in [-0.05, 0) is 73.2 Å². The molecule has 0 unspecified atom stereocenters. The maximum atomic E-state index is 12.4. The second-order valence-electron chi connectivity index (χ2n) is 6.90. The predicted molar refractivity (Wildman–Crippen MR) is 113 cm³/mol. The molecule has 0 radical (unpaired) electrons. The first-order valence-corrected chi connectivity index (χ1v) is 9.38. The molecule has 0 saturated heterocycles. The highest BCUT2D eigenvalue weighted by Gasteiger charge is 2.08. The quantitative estimate of drug-likeness (QED) is 0.518. The Morgan fingerprint density at radius 2 is 1.63 bits per heavy atom. The summed E-state index contributed by atoms with van der Waals surface area (Å²) in [6.45, 7) is 2.35. The molecule has 2 heterocycles. The van der Waals surface area contributed by atoms with E-state index < -0.39 is 5.91 Å². The highest BCUT2D eigenvalue weighted by molar-refractivity contribution is 5.94. The van der Waals surface area contributed by atoms with Gasteiger partial charge in [0.1, 0.15) is 17.1 Å². The minimum atomic E-state index is -0.490. The molecule has 30 heavy (non-hydrogen) atoms. The fourth-order valence-corrected chi connectivity index (χ4v) is 2.99. The van der Waals surface area contributed by atoms with Gasteiger partial charge in [-0.15, -0.1) is 0 Å². The standard InChI is InChI=1S/C23H20N4O3/c1-15-10-11-27-14-18(26-21(27)12-15)13-25-23(29)17-4-8-20(9-5-17)30-19-6-2-16(3-7-19)22(24)28/h2-12,14H,13H2,1H3,(H2,24,28)(H,25,29). The number of ether oxygens (including phenoxy) is 1. The lowest BCUT2D eigenvalue weighted by atomic mass is 10.2. The molecule has 2 amide bonds. The Morgan fingerprint density at radius 3 is 2.27 bits per heavy atom. The molecule has 0 bridgehead atoms. The van der Waals surface area contributed by atoms with Gasteiger partial charge >= 0.3 is 0 Å². The number of aryl methyl sites for hydroxylation is 1. The molecule has 2 aromatic heterocycles. The maximum Gasteiger partial charge on any atom is 0.251 e. The number of carbonyl (C=O) groups is 2. The lowest BCUT2D eigenvalue weighted by Gasteiger charge is -2.07. The largest absolute Gasteiger partial charge is 0.457 e. The number of imidazole rings is 1. The van der Waals surface area contributed by atoms with Crippen molar-refractivity contribution in [2.75, 3.05) is 0 Å². The molecular weight excluding hydrogens is 380 g/mol. The van der Waals surface area contributed by atoms with Crippen LogP contribution >= 0.6 is 0 Å². The summed E-state index contributed by atoms with van der Waals surface area (Å²) >= 11 is 0. The Labute approximate surface area is 173 Å². The van der Waals surface area contributed by atoms with Crippen LogP contribution in [0.4, 0.5) is 0 Å². The summed E-state index contributed by atoms with van der Waals surface area (Å²) in [7, 11) is 0. The number of fused-ring (bicyclic) bond motifs is 1. The predicted octanol–water partition coefficient (Wildman–Crippen LogP) is 3.46. The number of hydrogen-bond acceptors (Lipinski definition) is 4. The minimum Gasteiger partial charge on any atom is -0.457 e. The van der Waals surface area contributed by atoms with E-state index in [0.717, 1.165) is 16.9 Å². The smallest absolute Gasteiger partial charge is 0.251 e. The van der Waals surface area contributed by atoms with Crippen LogP contribution in [0.5, 0.6) is 11.5 Å². The maximum absolute atomic E-state index is 12.4. The van der Waals surface area contributed by atoms with E-state index in [-0.39, 0.29) is 5.91 Å². The average Bonchev–Trinajstić information content (AvgIpc) is 3.15. The van der Waals surface area contributed by atoms with Crippen LogP contribution in [0.15, 0.2) is 73.1 Å². The molecule has 0 atom stereocenters. The summed E-state index contributed by atoms with van der Waals surface area (Å²) in [4.78, 5) is 28.1. The number of amides is 2. The Balaban J connectivity index is 1.36. The van der Waals surface area contributed by atoms with Gasteiger partial charge < -0.3 is 20.2 Å². The van der Waals surface area contributed by atoms with Crippen molar-refractivity contribution in [3.05, 3.63) is 95.4 Å². The average molecular weight is 400 g/mol. The van der Waals surface area contributed by atoms with Crippen molar-refractivity contribution in [3.63, 3.8) is 0 Å². The molecule has 0 aliphatic rings. The van der Waals surface area contributed by atoms with Gasteiger partial charge in [0.25, 0.3) is 5.91 Å². The molecule has 2 aromatic carbocycles. The van der Waals surface area contributed by atoms with Crippen molar-refractivity contribution >= 4 is 17.5 Å². The van der Waals surface area contributed by atoms with E-state index >= 15 is 0 Å². The third kappa shape index (κ3) is 4.30. The van der Waals surface area contributed by atoms with Crippen LogP contribution in [-0.4, -0.2) is 21.2 Å². The third-order valence-electron chi connectivity index (χ3n) is 4.59. The Hall–Kier alpha value is -4.13. The van der Waals surface area contributed by atoms with Crippen LogP contribution in [0.25, 0.3) is 5.65 Å². The highest BCUT2D eigenvalue weighted by Crippen LogP contribution is 2.22. The molecule has 3 N–H and O–H groups in total. The SMILES string of the molecule is Cc1ccn2cc(CNC(=O)c3ccc(Oc4ccc(C(N)=O)cc4)cc3)nc2c1. The molecule has 7 heteroatoms. The van der Waals surface area contributed by atoms with Gasteiger partial charge in [-0.1, -0.05) is 0 Å². The molecule has 0 saturated carbocycles. The summed E-state index contributed by atoms with van der Waals surface area (Å²) in [6.07, 6.45) is 3.85. The van der Waals surface area contributed by atoms with Gasteiger partial charge in [-0.2, -0.15) is 0 Å². The normalized spacial score (nSPS) is 10.7. The number of nitrogens with one attached hydrogen (secondary N) is 1. The highest BCUT2D eigenvalue weighted by atomic mass is 16.5. The van der Waals surface area contributed by atoms with Gasteiger partial charge in [0.15, 0.2) is 0 Å². The molecule has 4 aromatic rings. The van der Waals surface area contributed by atoms with Crippen molar-refractivity contribution in [2.45, 2.75) is 13.5 Å². The molecule has 4 rings (SSSR count). The van der Waals surface area contributed by atoms with Crippen molar-refractivity contribution in [1.82, 2.24) is 14.7 Å². The molecule has 0 spiro atoms. The Morgan fingerprint density at radius 1 is 1.00 bits per heavy atom. The molecule has 0 aliphatic carbocycles. The second kappa shape index (κ2) is 8.08. The summed E-state index contributed by atoms with van der Waals surface area (Å²) in [5, 5.41) is 2.88. The first-order valence-electron chi connectivity index (χ1n) is 9.38. The Kier molecular flexibility index (Phi) is 5.17. The summed E-state index contributed by atoms with van der Waals surface area (Å²) in [6, 6.07) is 17.3. The topological polar surface area (TPSA) is 98.7 Å². The summed E-state index contributed by atoms with van der Waals surface area (Å²) in [5.41, 5.74) is 8.93. The number of rotatable bonds is 6. The van der Waals surface area contributed by atoms with Crippen molar-refractivity contribution in [3.8, 4) is 11.5 Å². The van der Waals surface area contributed by atoms with Gasteiger partial charge in [-0.3, -0.25) is 9.59 Å². The number of aromatic nitrogens is 2. The number of nitrogens with zero attached hydrogens (tertiary/aromatic N) is 2. The molecule has 150 valence electrons. The van der Waals surface area contributed by atoms with E-state index in [1.807, 2.05) is 35.9 Å². The van der Waals surface area contributed by atoms with E-state index in [2.05, 4.69) is 10.3 Å². The van der Waals surface area contributed by atoms with Gasteiger partial charge in [0.05, 0.1) is 12.2 Å². The zero-order chi connectivity index (χ0) is 21.1. The van der Waals surface area contributed by atoms with Crippen molar-refractivity contribution < 1.29 is 14.3 Å². The summed E-state index contributed by atoms with van der Waals surface area (Å²) < 4.78 is 7.65. The monoisotopic (exact) mass is 400 g/mol. The van der Waals surface area contributed by atoms with E-state index in [0.29, 0.717) is 29.2 Å². The van der Waals surface area contributed by atoms with E-state index in [1.165, 1.54) is 0 Å². The zero-order valence-electron chi connectivity index (χ0n) is 16.3. The van der Waals surface area contributed by atoms with Crippen molar-refractivity contribution in [2.24, 2.45) is 5.73 Å². The van der Waals surface area contributed by atoms with E-state index in [4.69, 9.17) is 10.5 Å². The van der Waals surface area contributed by atoms with Crippen molar-refractivity contribution in [1.29, 1.82) is 0 Å². The fraction of sp³-hybridized carbons (Fsp3) is 0.0870. The zero-order valence-corrected chi connectivity index (χ0v) is 16.3. The summed E-state index contributed by atoms with van der Waals surface area (Å²) in [5.74, 6) is 0.463. The molecule has 7 nitrogen and oxygen atoms in total. The Bertz CT molecular complexity index is 1210. The number of primary amides is 1. The second-order valence-corrected chi connectivity index (χ2v) is 6.90. The molecule has 0 aliphatic heterocycles. The number of pyridine rings is 1. The third-order valence-corrected chi connectivity index (χ3v) is 4.59. The van der Waals surface area contributed by atoms with Gasteiger partial charge in [0, 0.05) is 23.5 Å². The number of benzene rings is 2. The van der Waals surface area contributed by atoms with Crippen LogP contribution < -0.4 is 15.8 Å². The lowest BCUT2D eigenvalue weighted by Crippen LogP contribution is -2.22. The first-order chi connectivity index (χ1) is 14.5. The number of nitrogens with two attached hydrogens (primary N) is 1. The molecular formula is C23H20N4O3. The van der Waals surface area contributed by atoms with Gasteiger partial charge in [0.2, 0.25) is 5.91 Å². The van der Waals surface area contributed by atoms with Gasteiger partial charge in [-0.25, -0.2) is 4.98 Å². The van der Waals surface area contributed by atoms with Crippen LogP contribution in [0, 0.1) is 6.92 Å². The van der Waals surface area contributed by atoms with Crippen LogP contribution in [-0.2, 0) is 6.54 Å². The number of hydrogen-bond donors (Lipinski definition) is 2. The number of carbonyl (C=O) groups excluding carboxylic acids is 2. The van der Waals surface area contributed by atoms with E-state index in [9.17, 15) is 9.59 Å². The molecule has 0 fully saturated rings. The van der Waals surface area contributed by atoms with Crippen LogP contribution in [0.2, 0.25) is 0 Å². The van der Waals surface area contributed by atoms with Crippen LogP contribution in [0.3, 0.4) is 0 Å². The van der Waals surface area contributed by atoms with E-state index in [1.54, 1.807) is 48.5 Å². The lowest BCUT2D eigenvalue weighted by molar-refractivity contribution is 0.0949.